The molecule has 13 heavy (non-hydrogen) atoms. The lowest BCUT2D eigenvalue weighted by Crippen LogP contribution is -2.10. The molecule has 0 atom stereocenters. The molecule has 3 nitrogen and oxygen atoms in total. The monoisotopic (exact) mass is 180 g/mol. The van der Waals surface area contributed by atoms with Crippen molar-refractivity contribution < 1.29 is 5.11 Å². The molecule has 0 saturated carbocycles. The molecular weight excluding hydrogens is 164 g/mol. The Balaban J connectivity index is 2.97. The fourth-order valence-electron chi connectivity index (χ4n) is 1.25. The van der Waals surface area contributed by atoms with Crippen molar-refractivity contribution in [3.63, 3.8) is 0 Å². The van der Waals surface area contributed by atoms with Crippen molar-refractivity contribution in [1.82, 2.24) is 0 Å². The number of hydrogen-bond acceptors (Lipinski definition) is 3. The van der Waals surface area contributed by atoms with Gasteiger partial charge in [-0.2, -0.15) is 0 Å². The fraction of sp³-hybridized carbons (Fsp3) is 0.400. The second kappa shape index (κ2) is 4.14. The normalized spacial score (nSPS) is 10.1. The van der Waals surface area contributed by atoms with Gasteiger partial charge >= 0.3 is 0 Å². The Morgan fingerprint density at radius 3 is 2.62 bits per heavy atom. The van der Waals surface area contributed by atoms with Gasteiger partial charge in [-0.1, -0.05) is 6.07 Å². The van der Waals surface area contributed by atoms with Crippen molar-refractivity contribution in [3.05, 3.63) is 23.8 Å². The molecule has 0 heterocycles. The number of rotatable bonds is 3. The molecule has 3 heteroatoms. The van der Waals surface area contributed by atoms with E-state index < -0.39 is 0 Å². The van der Waals surface area contributed by atoms with E-state index in [1.54, 1.807) is 6.07 Å². The van der Waals surface area contributed by atoms with Crippen LogP contribution in [-0.4, -0.2) is 25.7 Å². The summed E-state index contributed by atoms with van der Waals surface area (Å²) in [5.74, 6) is 0.311. The van der Waals surface area contributed by atoms with Crippen LogP contribution in [0.1, 0.15) is 5.56 Å². The maximum Gasteiger partial charge on any atom is 0.138 e. The van der Waals surface area contributed by atoms with Gasteiger partial charge in [0.2, 0.25) is 0 Å². The zero-order valence-corrected chi connectivity index (χ0v) is 8.12. The van der Waals surface area contributed by atoms with E-state index in [4.69, 9.17) is 5.73 Å². The van der Waals surface area contributed by atoms with Crippen LogP contribution < -0.4 is 10.6 Å². The Kier molecular flexibility index (Phi) is 3.14. The summed E-state index contributed by atoms with van der Waals surface area (Å²) in [4.78, 5) is 1.88. The van der Waals surface area contributed by atoms with Gasteiger partial charge in [-0.3, -0.25) is 0 Å². The predicted molar refractivity (Wildman–Crippen MR) is 55.2 cm³/mol. The zero-order valence-electron chi connectivity index (χ0n) is 8.12. The Hall–Kier alpha value is -1.22. The molecule has 0 aliphatic rings. The first kappa shape index (κ1) is 9.86. The molecule has 1 aromatic rings. The average molecular weight is 180 g/mol. The molecule has 0 radical (unpaired) electrons. The van der Waals surface area contributed by atoms with Gasteiger partial charge < -0.3 is 15.7 Å². The van der Waals surface area contributed by atoms with Crippen LogP contribution in [0.5, 0.6) is 5.75 Å². The van der Waals surface area contributed by atoms with Crippen LogP contribution in [0.25, 0.3) is 0 Å². The first-order chi connectivity index (χ1) is 6.15. The van der Waals surface area contributed by atoms with E-state index in [0.717, 1.165) is 17.7 Å². The molecule has 0 fully saturated rings. The number of nitrogens with two attached hydrogens (primary N) is 1. The highest BCUT2D eigenvalue weighted by Gasteiger charge is 2.03. The molecule has 72 valence electrons. The summed E-state index contributed by atoms with van der Waals surface area (Å²) < 4.78 is 0. The SMILES string of the molecule is CN(C)c1cc(CCN)ccc1O. The van der Waals surface area contributed by atoms with Crippen LogP contribution in [0.2, 0.25) is 0 Å². The lowest BCUT2D eigenvalue weighted by atomic mass is 10.1. The zero-order chi connectivity index (χ0) is 9.84. The minimum absolute atomic E-state index is 0.311. The third-order valence-electron chi connectivity index (χ3n) is 1.95. The molecule has 1 aromatic carbocycles. The van der Waals surface area contributed by atoms with Gasteiger partial charge in [0.25, 0.3) is 0 Å². The second-order valence-corrected chi connectivity index (χ2v) is 3.26. The number of nitrogens with zero attached hydrogens (tertiary/aromatic N) is 1. The minimum Gasteiger partial charge on any atom is -0.506 e. The molecule has 0 spiro atoms. The number of anilines is 1. The molecule has 0 aromatic heterocycles. The van der Waals surface area contributed by atoms with Crippen molar-refractivity contribution in [2.24, 2.45) is 5.73 Å². The van der Waals surface area contributed by atoms with E-state index >= 15 is 0 Å². The number of benzene rings is 1. The first-order valence-electron chi connectivity index (χ1n) is 4.34. The third-order valence-corrected chi connectivity index (χ3v) is 1.95. The van der Waals surface area contributed by atoms with E-state index in [1.165, 1.54) is 0 Å². The molecule has 0 amide bonds. The van der Waals surface area contributed by atoms with Gasteiger partial charge in [0.1, 0.15) is 5.75 Å². The van der Waals surface area contributed by atoms with Gasteiger partial charge in [0.15, 0.2) is 0 Å². The van der Waals surface area contributed by atoms with Gasteiger partial charge in [-0.05, 0) is 30.7 Å². The highest BCUT2D eigenvalue weighted by Crippen LogP contribution is 2.26. The molecule has 0 unspecified atom stereocenters. The van der Waals surface area contributed by atoms with Gasteiger partial charge in [0.05, 0.1) is 5.69 Å². The smallest absolute Gasteiger partial charge is 0.138 e. The number of hydrogen-bond donors (Lipinski definition) is 2. The van der Waals surface area contributed by atoms with Crippen LogP contribution in [0.3, 0.4) is 0 Å². The van der Waals surface area contributed by atoms with E-state index in [0.29, 0.717) is 12.3 Å². The first-order valence-corrected chi connectivity index (χ1v) is 4.34. The summed E-state index contributed by atoms with van der Waals surface area (Å²) in [5, 5.41) is 9.50. The van der Waals surface area contributed by atoms with Crippen molar-refractivity contribution in [2.75, 3.05) is 25.5 Å². The van der Waals surface area contributed by atoms with Crippen molar-refractivity contribution in [3.8, 4) is 5.75 Å². The van der Waals surface area contributed by atoms with Crippen LogP contribution in [0.15, 0.2) is 18.2 Å². The molecule has 1 rings (SSSR count). The third kappa shape index (κ3) is 2.36. The van der Waals surface area contributed by atoms with Gasteiger partial charge in [-0.15, -0.1) is 0 Å². The topological polar surface area (TPSA) is 49.5 Å². The summed E-state index contributed by atoms with van der Waals surface area (Å²) in [6, 6.07) is 5.57. The van der Waals surface area contributed by atoms with Gasteiger partial charge in [0, 0.05) is 14.1 Å². The highest BCUT2D eigenvalue weighted by atomic mass is 16.3. The molecule has 3 N–H and O–H groups in total. The van der Waals surface area contributed by atoms with Crippen LogP contribution >= 0.6 is 0 Å². The van der Waals surface area contributed by atoms with E-state index in [9.17, 15) is 5.11 Å². The number of phenols is 1. The standard InChI is InChI=1S/C10H16N2O/c1-12(2)9-7-8(5-6-11)3-4-10(9)13/h3-4,7,13H,5-6,11H2,1-2H3. The summed E-state index contributed by atoms with van der Waals surface area (Å²) in [5.41, 5.74) is 7.44. The Labute approximate surface area is 78.8 Å². The maximum atomic E-state index is 9.50. The predicted octanol–water partition coefficient (Wildman–Crippen LogP) is 0.959. The average Bonchev–Trinajstić information content (AvgIpc) is 2.08. The van der Waals surface area contributed by atoms with Crippen LogP contribution in [-0.2, 0) is 6.42 Å². The van der Waals surface area contributed by atoms with Crippen LogP contribution in [0.4, 0.5) is 5.69 Å². The molecule has 0 aliphatic heterocycles. The summed E-state index contributed by atoms with van der Waals surface area (Å²) >= 11 is 0. The summed E-state index contributed by atoms with van der Waals surface area (Å²) in [6.45, 7) is 0.637. The lowest BCUT2D eigenvalue weighted by Gasteiger charge is -2.15. The molecule has 0 bridgehead atoms. The minimum atomic E-state index is 0.311. The summed E-state index contributed by atoms with van der Waals surface area (Å²) in [7, 11) is 3.81. The molecule has 0 saturated heterocycles. The molecule has 0 aliphatic carbocycles. The summed E-state index contributed by atoms with van der Waals surface area (Å²) in [6.07, 6.45) is 0.848. The maximum absolute atomic E-state index is 9.50. The quantitative estimate of drug-likeness (QED) is 0.728. The Morgan fingerprint density at radius 2 is 2.08 bits per heavy atom. The largest absolute Gasteiger partial charge is 0.506 e. The molecular formula is C10H16N2O. The van der Waals surface area contributed by atoms with Gasteiger partial charge in [-0.25, -0.2) is 0 Å². The highest BCUT2D eigenvalue weighted by molar-refractivity contribution is 5.58. The van der Waals surface area contributed by atoms with Crippen LogP contribution in [0, 0.1) is 0 Å². The van der Waals surface area contributed by atoms with E-state index in [1.807, 2.05) is 31.1 Å². The second-order valence-electron chi connectivity index (χ2n) is 3.26. The van der Waals surface area contributed by atoms with Crippen molar-refractivity contribution >= 4 is 5.69 Å². The lowest BCUT2D eigenvalue weighted by molar-refractivity contribution is 0.475. The fourth-order valence-corrected chi connectivity index (χ4v) is 1.25. The Bertz CT molecular complexity index is 284. The Morgan fingerprint density at radius 1 is 1.38 bits per heavy atom. The van der Waals surface area contributed by atoms with E-state index in [2.05, 4.69) is 0 Å². The number of phenolic OH excluding ortho intramolecular Hbond substituents is 1. The van der Waals surface area contributed by atoms with E-state index in [-0.39, 0.29) is 0 Å². The number of aromatic hydroxyl groups is 1. The van der Waals surface area contributed by atoms with Crippen molar-refractivity contribution in [1.29, 1.82) is 0 Å². The van der Waals surface area contributed by atoms with Crippen molar-refractivity contribution in [2.45, 2.75) is 6.42 Å².